The van der Waals surface area contributed by atoms with Crippen molar-refractivity contribution in [3.63, 3.8) is 0 Å². The molecule has 1 heterocycles. The molecule has 29 heavy (non-hydrogen) atoms. The fourth-order valence-corrected chi connectivity index (χ4v) is 4.89. The first kappa shape index (κ1) is 21.6. The summed E-state index contributed by atoms with van der Waals surface area (Å²) in [7, 11) is -3.94. The number of nitrogens with one attached hydrogen (secondary N) is 1. The largest absolute Gasteiger partial charge is 0.477 e. The van der Waals surface area contributed by atoms with Gasteiger partial charge in [0.05, 0.1) is 22.2 Å². The molecule has 3 aromatic rings. The first-order valence-corrected chi connectivity index (χ1v) is 10.3. The van der Waals surface area contributed by atoms with Gasteiger partial charge in [0.15, 0.2) is 0 Å². The molecule has 0 amide bonds. The molecule has 7 nitrogen and oxygen atoms in total. The lowest BCUT2D eigenvalue weighted by molar-refractivity contribution is 0.0703. The molecule has 0 unspecified atom stereocenters. The van der Waals surface area contributed by atoms with Crippen molar-refractivity contribution in [1.29, 1.82) is 10.5 Å². The molecule has 0 aliphatic rings. The summed E-state index contributed by atoms with van der Waals surface area (Å²) in [5.74, 6) is -1.23. The van der Waals surface area contributed by atoms with Crippen LogP contribution in [0.3, 0.4) is 0 Å². The molecule has 2 aromatic carbocycles. The highest BCUT2D eigenvalue weighted by Crippen LogP contribution is 2.36. The molecule has 0 atom stereocenters. The fourth-order valence-electron chi connectivity index (χ4n) is 2.57. The molecule has 9 heteroatoms. The van der Waals surface area contributed by atoms with Crippen molar-refractivity contribution in [1.82, 2.24) is 0 Å². The zero-order valence-corrected chi connectivity index (χ0v) is 16.8. The van der Waals surface area contributed by atoms with E-state index in [9.17, 15) is 18.3 Å². The Balaban J connectivity index is 0.00000145. The van der Waals surface area contributed by atoms with E-state index in [1.807, 2.05) is 6.07 Å². The number of carboxylic acids is 1. The number of benzene rings is 2. The number of aryl methyl sites for hydroxylation is 1. The summed E-state index contributed by atoms with van der Waals surface area (Å²) in [5, 5.41) is 25.0. The van der Waals surface area contributed by atoms with Crippen LogP contribution in [-0.2, 0) is 10.0 Å². The van der Waals surface area contributed by atoms with Crippen LogP contribution in [0, 0.1) is 30.1 Å². The van der Waals surface area contributed by atoms with Crippen LogP contribution in [0.15, 0.2) is 59.5 Å². The minimum Gasteiger partial charge on any atom is -0.477 e. The highest BCUT2D eigenvalue weighted by atomic mass is 32.2. The first-order valence-electron chi connectivity index (χ1n) is 8.04. The topological polar surface area (TPSA) is 131 Å². The standard InChI is InChI=1S/C19H14N2O4S2.CHN/c1-12-5-2-3-8-17(12)27(24,25)21-15-10-16(26-18(15)19(22)23)14-7-4-6-13(9-14)11-20;1-2/h2-10,21H,1H3,(H,22,23);1H. The van der Waals surface area contributed by atoms with Crippen molar-refractivity contribution < 1.29 is 18.3 Å². The van der Waals surface area contributed by atoms with Crippen LogP contribution in [-0.4, -0.2) is 19.5 Å². The van der Waals surface area contributed by atoms with E-state index in [1.165, 1.54) is 12.1 Å². The molecule has 3 rings (SSSR count). The molecule has 0 radical (unpaired) electrons. The predicted molar refractivity (Wildman–Crippen MR) is 110 cm³/mol. The predicted octanol–water partition coefficient (Wildman–Crippen LogP) is 4.23. The van der Waals surface area contributed by atoms with E-state index in [2.05, 4.69) is 11.3 Å². The lowest BCUT2D eigenvalue weighted by Crippen LogP contribution is -2.15. The van der Waals surface area contributed by atoms with Gasteiger partial charge >= 0.3 is 5.97 Å². The fraction of sp³-hybridized carbons (Fsp3) is 0.0500. The number of nitriles is 2. The maximum absolute atomic E-state index is 12.7. The monoisotopic (exact) mass is 425 g/mol. The Hall–Kier alpha value is -3.66. The van der Waals surface area contributed by atoms with Crippen LogP contribution in [0.4, 0.5) is 5.69 Å². The Kier molecular flexibility index (Phi) is 6.73. The highest BCUT2D eigenvalue weighted by Gasteiger charge is 2.23. The average Bonchev–Trinajstić information content (AvgIpc) is 3.13. The summed E-state index contributed by atoms with van der Waals surface area (Å²) < 4.78 is 27.8. The lowest BCUT2D eigenvalue weighted by atomic mass is 10.1. The Morgan fingerprint density at radius 1 is 1.14 bits per heavy atom. The average molecular weight is 425 g/mol. The third kappa shape index (κ3) is 4.79. The summed E-state index contributed by atoms with van der Waals surface area (Å²) in [5.41, 5.74) is 1.62. The second kappa shape index (κ2) is 9.02. The minimum atomic E-state index is -3.94. The number of hydrogen-bond acceptors (Lipinski definition) is 6. The number of aromatic carboxylic acids is 1. The number of hydrogen-bond donors (Lipinski definition) is 2. The van der Waals surface area contributed by atoms with Crippen LogP contribution < -0.4 is 4.72 Å². The minimum absolute atomic E-state index is 0.00638. The van der Waals surface area contributed by atoms with Crippen molar-refractivity contribution >= 4 is 33.0 Å². The molecule has 2 N–H and O–H groups in total. The van der Waals surface area contributed by atoms with Crippen LogP contribution in [0.1, 0.15) is 20.8 Å². The molecule has 0 bridgehead atoms. The highest BCUT2D eigenvalue weighted by molar-refractivity contribution is 7.92. The van der Waals surface area contributed by atoms with Gasteiger partial charge < -0.3 is 5.11 Å². The number of thiophene rings is 1. The van der Waals surface area contributed by atoms with E-state index in [0.717, 1.165) is 11.3 Å². The van der Waals surface area contributed by atoms with Crippen LogP contribution in [0.5, 0.6) is 0 Å². The van der Waals surface area contributed by atoms with Gasteiger partial charge in [-0.1, -0.05) is 30.3 Å². The van der Waals surface area contributed by atoms with Gasteiger partial charge in [-0.3, -0.25) is 4.72 Å². The van der Waals surface area contributed by atoms with E-state index in [4.69, 9.17) is 10.5 Å². The van der Waals surface area contributed by atoms with Crippen molar-refractivity contribution in [2.24, 2.45) is 0 Å². The summed E-state index contributed by atoms with van der Waals surface area (Å²) in [6.45, 7) is 5.17. The smallest absolute Gasteiger partial charge is 0.348 e. The first-order chi connectivity index (χ1) is 13.8. The summed E-state index contributed by atoms with van der Waals surface area (Å²) in [6, 6.07) is 16.6. The van der Waals surface area contributed by atoms with E-state index in [0.29, 0.717) is 21.6 Å². The van der Waals surface area contributed by atoms with Crippen molar-refractivity contribution in [3.05, 3.63) is 70.6 Å². The Labute approximate surface area is 172 Å². The summed E-state index contributed by atoms with van der Waals surface area (Å²) in [4.78, 5) is 12.1. The van der Waals surface area contributed by atoms with Crippen LogP contribution in [0.2, 0.25) is 0 Å². The molecule has 0 aliphatic carbocycles. The second-order valence-corrected chi connectivity index (χ2v) is 8.43. The van der Waals surface area contributed by atoms with Crippen molar-refractivity contribution in [3.8, 4) is 23.1 Å². The molecule has 1 aromatic heterocycles. The van der Waals surface area contributed by atoms with Gasteiger partial charge in [0.1, 0.15) is 4.88 Å². The maximum Gasteiger partial charge on any atom is 0.348 e. The number of carboxylic acid groups (broad SMARTS) is 1. The number of rotatable bonds is 5. The number of nitrogens with zero attached hydrogens (tertiary/aromatic N) is 2. The van der Waals surface area contributed by atoms with Crippen molar-refractivity contribution in [2.45, 2.75) is 11.8 Å². The van der Waals surface area contributed by atoms with Gasteiger partial charge in [-0.15, -0.1) is 11.3 Å². The normalized spacial score (nSPS) is 10.3. The Morgan fingerprint density at radius 2 is 1.83 bits per heavy atom. The van der Waals surface area contributed by atoms with Gasteiger partial charge in [0.25, 0.3) is 10.0 Å². The van der Waals surface area contributed by atoms with E-state index >= 15 is 0 Å². The van der Waals surface area contributed by atoms with Crippen LogP contribution in [0.25, 0.3) is 10.4 Å². The third-order valence-electron chi connectivity index (χ3n) is 3.83. The second-order valence-electron chi connectivity index (χ2n) is 5.72. The zero-order chi connectivity index (χ0) is 21.6. The van der Waals surface area contributed by atoms with Gasteiger partial charge in [0.2, 0.25) is 0 Å². The number of carbonyl (C=O) groups is 1. The Bertz CT molecular complexity index is 1220. The lowest BCUT2D eigenvalue weighted by Gasteiger charge is -2.09. The van der Waals surface area contributed by atoms with E-state index < -0.39 is 16.0 Å². The summed E-state index contributed by atoms with van der Waals surface area (Å²) in [6.07, 6.45) is 0. The van der Waals surface area contributed by atoms with Crippen molar-refractivity contribution in [2.75, 3.05) is 4.72 Å². The number of sulfonamides is 1. The maximum atomic E-state index is 12.7. The molecule has 0 fully saturated rings. The van der Waals surface area contributed by atoms with Crippen LogP contribution >= 0.6 is 11.3 Å². The molecule has 0 saturated heterocycles. The molecular formula is C20H15N3O4S2. The van der Waals surface area contributed by atoms with E-state index in [1.54, 1.807) is 49.4 Å². The molecule has 0 saturated carbocycles. The molecular weight excluding hydrogens is 410 g/mol. The van der Waals surface area contributed by atoms with Gasteiger partial charge in [0, 0.05) is 11.4 Å². The zero-order valence-electron chi connectivity index (χ0n) is 15.2. The number of anilines is 1. The molecule has 146 valence electrons. The molecule has 0 aliphatic heterocycles. The Morgan fingerprint density at radius 3 is 2.45 bits per heavy atom. The van der Waals surface area contributed by atoms with Gasteiger partial charge in [-0.2, -0.15) is 5.26 Å². The third-order valence-corrected chi connectivity index (χ3v) is 6.53. The van der Waals surface area contributed by atoms with Gasteiger partial charge in [-0.25, -0.2) is 18.5 Å². The van der Waals surface area contributed by atoms with Gasteiger partial charge in [-0.05, 0) is 42.3 Å². The SMILES string of the molecule is C#N.Cc1ccccc1S(=O)(=O)Nc1cc(-c2cccc(C#N)c2)sc1C(=O)O. The molecule has 0 spiro atoms. The quantitative estimate of drug-likeness (QED) is 0.629. The summed E-state index contributed by atoms with van der Waals surface area (Å²) >= 11 is 0.944. The van der Waals surface area contributed by atoms with E-state index in [-0.39, 0.29) is 15.5 Å².